The van der Waals surface area contributed by atoms with Crippen molar-refractivity contribution >= 4 is 0 Å². The summed E-state index contributed by atoms with van der Waals surface area (Å²) in [6.07, 6.45) is 1.51. The van der Waals surface area contributed by atoms with Crippen LogP contribution in [0.2, 0.25) is 0 Å². The number of methoxy groups -OCH3 is 3. The van der Waals surface area contributed by atoms with Gasteiger partial charge in [-0.2, -0.15) is 0 Å². The molecule has 1 fully saturated rings. The Morgan fingerprint density at radius 2 is 1.90 bits per heavy atom. The van der Waals surface area contributed by atoms with Crippen molar-refractivity contribution in [3.8, 4) is 17.2 Å². The maximum atomic E-state index is 10.6. The van der Waals surface area contributed by atoms with Gasteiger partial charge in [0.15, 0.2) is 11.5 Å². The summed E-state index contributed by atoms with van der Waals surface area (Å²) in [7, 11) is 4.73. The molecule has 20 heavy (non-hydrogen) atoms. The zero-order valence-electron chi connectivity index (χ0n) is 12.3. The number of aliphatic hydroxyl groups excluding tert-OH is 1. The molecule has 0 amide bonds. The van der Waals surface area contributed by atoms with Crippen LogP contribution in [-0.4, -0.2) is 39.5 Å². The summed E-state index contributed by atoms with van der Waals surface area (Å²) in [4.78, 5) is 0. The number of piperidine rings is 1. The van der Waals surface area contributed by atoms with Crippen molar-refractivity contribution in [3.63, 3.8) is 0 Å². The van der Waals surface area contributed by atoms with Crippen LogP contribution in [-0.2, 0) is 0 Å². The van der Waals surface area contributed by atoms with E-state index in [1.807, 2.05) is 6.07 Å². The fourth-order valence-electron chi connectivity index (χ4n) is 2.76. The Bertz CT molecular complexity index is 444. The molecule has 0 radical (unpaired) electrons. The van der Waals surface area contributed by atoms with Crippen molar-refractivity contribution in [2.75, 3.05) is 34.4 Å². The first kappa shape index (κ1) is 14.9. The van der Waals surface area contributed by atoms with Crippen LogP contribution in [0.25, 0.3) is 0 Å². The van der Waals surface area contributed by atoms with E-state index < -0.39 is 6.10 Å². The Balaban J connectivity index is 2.34. The molecule has 1 aromatic rings. The quantitative estimate of drug-likeness (QED) is 0.861. The molecule has 5 nitrogen and oxygen atoms in total. The Morgan fingerprint density at radius 3 is 2.45 bits per heavy atom. The maximum absolute atomic E-state index is 10.6. The molecule has 1 aliphatic rings. The molecule has 2 atom stereocenters. The lowest BCUT2D eigenvalue weighted by atomic mass is 9.89. The fraction of sp³-hybridized carbons (Fsp3) is 0.600. The summed E-state index contributed by atoms with van der Waals surface area (Å²) in [5.74, 6) is 1.86. The highest BCUT2D eigenvalue weighted by Gasteiger charge is 2.28. The van der Waals surface area contributed by atoms with Crippen molar-refractivity contribution in [1.29, 1.82) is 0 Å². The highest BCUT2D eigenvalue weighted by Crippen LogP contribution is 2.44. The first-order valence-corrected chi connectivity index (χ1v) is 6.90. The molecule has 1 heterocycles. The molecule has 0 aromatic heterocycles. The predicted octanol–water partition coefficient (Wildman–Crippen LogP) is 1.75. The van der Waals surface area contributed by atoms with E-state index in [1.54, 1.807) is 27.4 Å². The van der Waals surface area contributed by atoms with Crippen molar-refractivity contribution in [2.45, 2.75) is 18.9 Å². The van der Waals surface area contributed by atoms with Gasteiger partial charge in [-0.25, -0.2) is 0 Å². The van der Waals surface area contributed by atoms with E-state index in [0.717, 1.165) is 31.5 Å². The summed E-state index contributed by atoms with van der Waals surface area (Å²) in [6, 6.07) is 3.65. The number of aliphatic hydroxyl groups is 1. The largest absolute Gasteiger partial charge is 0.493 e. The van der Waals surface area contributed by atoms with Crippen LogP contribution in [0.4, 0.5) is 0 Å². The molecule has 2 rings (SSSR count). The van der Waals surface area contributed by atoms with Crippen LogP contribution in [0.15, 0.2) is 12.1 Å². The molecule has 5 heteroatoms. The number of rotatable bonds is 5. The van der Waals surface area contributed by atoms with Gasteiger partial charge in [-0.1, -0.05) is 0 Å². The second-order valence-electron chi connectivity index (χ2n) is 4.97. The smallest absolute Gasteiger partial charge is 0.203 e. The standard InChI is InChI=1S/C15H23NO4/c1-18-12-7-6-11(14(19-2)15(12)20-3)13(17)10-5-4-8-16-9-10/h6-7,10,13,16-17H,4-5,8-9H2,1-3H3. The van der Waals surface area contributed by atoms with Gasteiger partial charge in [-0.05, 0) is 31.5 Å². The summed E-state index contributed by atoms with van der Waals surface area (Å²) < 4.78 is 16.1. The third-order valence-electron chi connectivity index (χ3n) is 3.83. The first-order chi connectivity index (χ1) is 9.72. The average Bonchev–Trinajstić information content (AvgIpc) is 2.53. The number of hydrogen-bond donors (Lipinski definition) is 2. The molecule has 0 bridgehead atoms. The highest BCUT2D eigenvalue weighted by atomic mass is 16.5. The van der Waals surface area contributed by atoms with E-state index in [1.165, 1.54) is 0 Å². The van der Waals surface area contributed by atoms with Gasteiger partial charge in [-0.3, -0.25) is 0 Å². The zero-order valence-corrected chi connectivity index (χ0v) is 12.3. The van der Waals surface area contributed by atoms with Crippen LogP contribution >= 0.6 is 0 Å². The monoisotopic (exact) mass is 281 g/mol. The second-order valence-corrected chi connectivity index (χ2v) is 4.97. The van der Waals surface area contributed by atoms with Gasteiger partial charge in [-0.15, -0.1) is 0 Å². The Morgan fingerprint density at radius 1 is 1.15 bits per heavy atom. The second kappa shape index (κ2) is 6.81. The number of ether oxygens (including phenoxy) is 3. The molecule has 2 N–H and O–H groups in total. The van der Waals surface area contributed by atoms with Crippen LogP contribution in [0.5, 0.6) is 17.2 Å². The van der Waals surface area contributed by atoms with Gasteiger partial charge in [0.25, 0.3) is 0 Å². The SMILES string of the molecule is COc1ccc(C(O)C2CCCNC2)c(OC)c1OC. The molecule has 0 saturated carbocycles. The third kappa shape index (κ3) is 2.83. The zero-order chi connectivity index (χ0) is 14.5. The minimum absolute atomic E-state index is 0.191. The van der Waals surface area contributed by atoms with Crippen LogP contribution < -0.4 is 19.5 Å². The van der Waals surface area contributed by atoms with Gasteiger partial charge in [0.1, 0.15) is 0 Å². The molecule has 112 valence electrons. The van der Waals surface area contributed by atoms with Gasteiger partial charge < -0.3 is 24.6 Å². The average molecular weight is 281 g/mol. The van der Waals surface area contributed by atoms with E-state index in [2.05, 4.69) is 5.32 Å². The molecular weight excluding hydrogens is 258 g/mol. The molecule has 1 aromatic carbocycles. The highest BCUT2D eigenvalue weighted by molar-refractivity contribution is 5.56. The van der Waals surface area contributed by atoms with Crippen molar-refractivity contribution < 1.29 is 19.3 Å². The molecule has 1 aliphatic heterocycles. The summed E-state index contributed by atoms with van der Waals surface area (Å²) in [5.41, 5.74) is 0.749. The van der Waals surface area contributed by atoms with E-state index in [-0.39, 0.29) is 5.92 Å². The Labute approximate surface area is 119 Å². The first-order valence-electron chi connectivity index (χ1n) is 6.90. The van der Waals surface area contributed by atoms with Gasteiger partial charge >= 0.3 is 0 Å². The Kier molecular flexibility index (Phi) is 5.09. The van der Waals surface area contributed by atoms with Crippen LogP contribution in [0.1, 0.15) is 24.5 Å². The van der Waals surface area contributed by atoms with Crippen LogP contribution in [0.3, 0.4) is 0 Å². The lowest BCUT2D eigenvalue weighted by Crippen LogP contribution is -2.33. The number of hydrogen-bond acceptors (Lipinski definition) is 5. The minimum Gasteiger partial charge on any atom is -0.493 e. The van der Waals surface area contributed by atoms with E-state index in [0.29, 0.717) is 17.2 Å². The van der Waals surface area contributed by atoms with E-state index in [9.17, 15) is 5.11 Å². The maximum Gasteiger partial charge on any atom is 0.203 e. The van der Waals surface area contributed by atoms with Crippen molar-refractivity contribution in [2.24, 2.45) is 5.92 Å². The minimum atomic E-state index is -0.572. The van der Waals surface area contributed by atoms with Gasteiger partial charge in [0, 0.05) is 18.0 Å². The van der Waals surface area contributed by atoms with Crippen molar-refractivity contribution in [3.05, 3.63) is 17.7 Å². The number of benzene rings is 1. The topological polar surface area (TPSA) is 60.0 Å². The third-order valence-corrected chi connectivity index (χ3v) is 3.83. The lowest BCUT2D eigenvalue weighted by Gasteiger charge is -2.29. The van der Waals surface area contributed by atoms with E-state index in [4.69, 9.17) is 14.2 Å². The lowest BCUT2D eigenvalue weighted by molar-refractivity contribution is 0.0891. The summed E-state index contributed by atoms with van der Waals surface area (Å²) in [5, 5.41) is 13.9. The number of nitrogens with one attached hydrogen (secondary N) is 1. The molecule has 0 spiro atoms. The predicted molar refractivity (Wildman–Crippen MR) is 76.7 cm³/mol. The molecule has 1 saturated heterocycles. The van der Waals surface area contributed by atoms with Gasteiger partial charge in [0.05, 0.1) is 27.4 Å². The van der Waals surface area contributed by atoms with Gasteiger partial charge in [0.2, 0.25) is 5.75 Å². The van der Waals surface area contributed by atoms with Crippen LogP contribution in [0, 0.1) is 5.92 Å². The van der Waals surface area contributed by atoms with E-state index >= 15 is 0 Å². The summed E-state index contributed by atoms with van der Waals surface area (Å²) >= 11 is 0. The molecule has 2 unspecified atom stereocenters. The fourth-order valence-corrected chi connectivity index (χ4v) is 2.76. The molecule has 0 aliphatic carbocycles. The molecular formula is C15H23NO4. The van der Waals surface area contributed by atoms with Crippen molar-refractivity contribution in [1.82, 2.24) is 5.32 Å². The summed E-state index contributed by atoms with van der Waals surface area (Å²) in [6.45, 7) is 1.84. The normalized spacial score (nSPS) is 20.3. The Hall–Kier alpha value is -1.46.